The maximum Gasteiger partial charge on any atom is 0.151 e. The Morgan fingerprint density at radius 3 is 1.76 bits per heavy atom. The smallest absolute Gasteiger partial charge is 0.151 e. The predicted molar refractivity (Wildman–Crippen MR) is 214 cm³/mol. The Kier molecular flexibility index (Phi) is 8.20. The van der Waals surface area contributed by atoms with E-state index in [1.807, 2.05) is 24.3 Å². The maximum atomic E-state index is 6.30. The van der Waals surface area contributed by atoms with E-state index in [0.717, 1.165) is 39.9 Å². The van der Waals surface area contributed by atoms with Crippen LogP contribution >= 0.6 is 0 Å². The fourth-order valence-electron chi connectivity index (χ4n) is 7.82. The second-order valence-electron chi connectivity index (χ2n) is 14.0. The fraction of sp³-hybridized carbons (Fsp3) is 0.125. The normalized spacial score (nSPS) is 12.1. The Morgan fingerprint density at radius 1 is 0.490 bits per heavy atom. The molecule has 250 valence electrons. The van der Waals surface area contributed by atoms with Crippen molar-refractivity contribution in [3.63, 3.8) is 0 Å². The fourth-order valence-corrected chi connectivity index (χ4v) is 7.82. The lowest BCUT2D eigenvalue weighted by Gasteiger charge is -2.35. The molecule has 0 radical (unpaired) electrons. The van der Waals surface area contributed by atoms with Gasteiger partial charge in [-0.1, -0.05) is 111 Å². The van der Waals surface area contributed by atoms with Crippen molar-refractivity contribution in [3.8, 4) is 22.6 Å². The van der Waals surface area contributed by atoms with E-state index in [-0.39, 0.29) is 5.41 Å². The molecule has 3 heteroatoms. The number of hydrogen-bond acceptors (Lipinski definition) is 3. The number of ether oxygens (including phenoxy) is 1. The molecule has 7 aromatic carbocycles. The van der Waals surface area contributed by atoms with Gasteiger partial charge in [0.25, 0.3) is 0 Å². The first-order chi connectivity index (χ1) is 24.8. The number of rotatable bonds is 7. The summed E-state index contributed by atoms with van der Waals surface area (Å²) >= 11 is 0. The molecule has 0 aliphatic carbocycles. The van der Waals surface area contributed by atoms with Crippen LogP contribution in [-0.4, -0.2) is 0 Å². The summed E-state index contributed by atoms with van der Waals surface area (Å²) in [7, 11) is 0. The van der Waals surface area contributed by atoms with Crippen LogP contribution in [0.3, 0.4) is 0 Å². The van der Waals surface area contributed by atoms with Crippen LogP contribution in [0.15, 0.2) is 164 Å². The zero-order chi connectivity index (χ0) is 35.1. The van der Waals surface area contributed by atoms with Crippen LogP contribution in [0.25, 0.3) is 11.1 Å². The SMILES string of the molecule is Cc1cc(-c2ccccc2)ccc1N(c1ccc(N2c3ccccc3Oc3ccccc32)cc1)c1cccc(C(C)(C)c2ccccc2C)c1C. The van der Waals surface area contributed by atoms with E-state index in [2.05, 4.69) is 184 Å². The Bertz CT molecular complexity index is 2310. The average Bonchev–Trinajstić information content (AvgIpc) is 3.16. The molecule has 0 saturated carbocycles. The molecule has 0 unspecified atom stereocenters. The zero-order valence-electron chi connectivity index (χ0n) is 29.9. The highest BCUT2D eigenvalue weighted by molar-refractivity contribution is 5.88. The van der Waals surface area contributed by atoms with E-state index in [1.54, 1.807) is 0 Å². The lowest BCUT2D eigenvalue weighted by molar-refractivity contribution is 0.477. The van der Waals surface area contributed by atoms with Gasteiger partial charge in [-0.25, -0.2) is 0 Å². The van der Waals surface area contributed by atoms with Gasteiger partial charge in [-0.2, -0.15) is 0 Å². The molecule has 1 aliphatic heterocycles. The van der Waals surface area contributed by atoms with Gasteiger partial charge in [-0.3, -0.25) is 0 Å². The number of fused-ring (bicyclic) bond motifs is 2. The van der Waals surface area contributed by atoms with Crippen LogP contribution < -0.4 is 14.5 Å². The zero-order valence-corrected chi connectivity index (χ0v) is 29.9. The van der Waals surface area contributed by atoms with Crippen molar-refractivity contribution in [2.45, 2.75) is 40.0 Å². The summed E-state index contributed by atoms with van der Waals surface area (Å²) in [4.78, 5) is 4.72. The molecule has 0 bridgehead atoms. The first-order valence-corrected chi connectivity index (χ1v) is 17.7. The highest BCUT2D eigenvalue weighted by Crippen LogP contribution is 2.51. The lowest BCUT2D eigenvalue weighted by atomic mass is 9.74. The first-order valence-electron chi connectivity index (χ1n) is 17.7. The molecular weight excluding hydrogens is 621 g/mol. The lowest BCUT2D eigenvalue weighted by Crippen LogP contribution is -2.23. The molecule has 0 atom stereocenters. The Hall–Kier alpha value is -6.06. The van der Waals surface area contributed by atoms with Gasteiger partial charge in [0, 0.05) is 28.2 Å². The summed E-state index contributed by atoms with van der Waals surface area (Å²) in [5.74, 6) is 1.69. The number of anilines is 6. The van der Waals surface area contributed by atoms with E-state index in [0.29, 0.717) is 0 Å². The quantitative estimate of drug-likeness (QED) is 0.169. The third-order valence-corrected chi connectivity index (χ3v) is 10.4. The van der Waals surface area contributed by atoms with Gasteiger partial charge in [0.05, 0.1) is 11.4 Å². The maximum absolute atomic E-state index is 6.30. The summed E-state index contributed by atoms with van der Waals surface area (Å²) < 4.78 is 6.30. The van der Waals surface area contributed by atoms with Gasteiger partial charge in [0.1, 0.15) is 0 Å². The number of para-hydroxylation sites is 4. The number of nitrogens with zero attached hydrogens (tertiary/aromatic N) is 2. The van der Waals surface area contributed by atoms with Crippen molar-refractivity contribution >= 4 is 34.1 Å². The second kappa shape index (κ2) is 13.0. The molecule has 0 saturated heterocycles. The molecule has 8 rings (SSSR count). The van der Waals surface area contributed by atoms with Crippen molar-refractivity contribution in [2.24, 2.45) is 0 Å². The van der Waals surface area contributed by atoms with Crippen molar-refractivity contribution in [2.75, 3.05) is 9.80 Å². The number of aryl methyl sites for hydroxylation is 2. The van der Waals surface area contributed by atoms with Crippen LogP contribution in [0, 0.1) is 20.8 Å². The summed E-state index contributed by atoms with van der Waals surface area (Å²) in [5, 5.41) is 0. The Morgan fingerprint density at radius 2 is 1.10 bits per heavy atom. The minimum atomic E-state index is -0.190. The van der Waals surface area contributed by atoms with Crippen LogP contribution in [0.1, 0.15) is 41.7 Å². The van der Waals surface area contributed by atoms with Crippen molar-refractivity contribution in [3.05, 3.63) is 192 Å². The largest absolute Gasteiger partial charge is 0.453 e. The molecule has 0 spiro atoms. The van der Waals surface area contributed by atoms with Gasteiger partial charge in [0.15, 0.2) is 11.5 Å². The van der Waals surface area contributed by atoms with Gasteiger partial charge >= 0.3 is 0 Å². The summed E-state index contributed by atoms with van der Waals surface area (Å²) in [5.41, 5.74) is 15.2. The van der Waals surface area contributed by atoms with Gasteiger partial charge < -0.3 is 14.5 Å². The average molecular weight is 663 g/mol. The van der Waals surface area contributed by atoms with Crippen molar-refractivity contribution in [1.29, 1.82) is 0 Å². The third kappa shape index (κ3) is 5.75. The number of hydrogen-bond donors (Lipinski definition) is 0. The van der Waals surface area contributed by atoms with E-state index in [1.165, 1.54) is 44.6 Å². The van der Waals surface area contributed by atoms with Crippen LogP contribution in [0.2, 0.25) is 0 Å². The minimum absolute atomic E-state index is 0.190. The van der Waals surface area contributed by atoms with Crippen LogP contribution in [0.5, 0.6) is 11.5 Å². The van der Waals surface area contributed by atoms with E-state index in [9.17, 15) is 0 Å². The van der Waals surface area contributed by atoms with E-state index < -0.39 is 0 Å². The molecule has 3 nitrogen and oxygen atoms in total. The van der Waals surface area contributed by atoms with Gasteiger partial charge in [-0.05, 0) is 126 Å². The van der Waals surface area contributed by atoms with Crippen molar-refractivity contribution in [1.82, 2.24) is 0 Å². The molecule has 0 aromatic heterocycles. The predicted octanol–water partition coefficient (Wildman–Crippen LogP) is 13.7. The number of benzene rings is 7. The topological polar surface area (TPSA) is 15.7 Å². The third-order valence-electron chi connectivity index (χ3n) is 10.4. The molecular formula is C48H42N2O. The van der Waals surface area contributed by atoms with Gasteiger partial charge in [-0.15, -0.1) is 0 Å². The molecule has 0 N–H and O–H groups in total. The summed E-state index contributed by atoms with van der Waals surface area (Å²) in [6.45, 7) is 11.4. The molecule has 51 heavy (non-hydrogen) atoms. The van der Waals surface area contributed by atoms with Gasteiger partial charge in [0.2, 0.25) is 0 Å². The van der Waals surface area contributed by atoms with Crippen LogP contribution in [0.4, 0.5) is 34.1 Å². The minimum Gasteiger partial charge on any atom is -0.453 e. The Balaban J connectivity index is 1.27. The highest BCUT2D eigenvalue weighted by Gasteiger charge is 2.30. The standard InChI is InChI=1S/C48H42N2O/c1-33-16-9-10-19-40(33)48(4,5)41-20-15-23-43(35(41)3)49(42-31-26-37(32-34(42)2)36-17-7-6-8-18-36)38-27-29-39(30-28-38)50-44-21-11-13-24-46(44)51-47-25-14-12-22-45(47)50/h6-32H,1-5H3. The first kappa shape index (κ1) is 32.2. The van der Waals surface area contributed by atoms with E-state index >= 15 is 0 Å². The highest BCUT2D eigenvalue weighted by atomic mass is 16.5. The molecule has 1 heterocycles. The Labute approximate surface area is 302 Å². The summed E-state index contributed by atoms with van der Waals surface area (Å²) in [6, 6.07) is 58.4. The summed E-state index contributed by atoms with van der Waals surface area (Å²) in [6.07, 6.45) is 0. The second-order valence-corrected chi connectivity index (χ2v) is 14.0. The van der Waals surface area contributed by atoms with Crippen LogP contribution in [-0.2, 0) is 5.41 Å². The van der Waals surface area contributed by atoms with E-state index in [4.69, 9.17) is 4.74 Å². The molecule has 0 fully saturated rings. The molecule has 7 aromatic rings. The molecule has 0 amide bonds. The monoisotopic (exact) mass is 662 g/mol. The van der Waals surface area contributed by atoms with Crippen molar-refractivity contribution < 1.29 is 4.74 Å². The molecule has 1 aliphatic rings.